The van der Waals surface area contributed by atoms with Crippen LogP contribution in [0.3, 0.4) is 0 Å². The number of thiazole rings is 1. The van der Waals surface area contributed by atoms with Crippen molar-refractivity contribution in [2.45, 2.75) is 19.3 Å². The van der Waals surface area contributed by atoms with Gasteiger partial charge in [-0.15, -0.1) is 11.3 Å². The molecule has 0 fully saturated rings. The molecule has 1 N–H and O–H groups in total. The lowest BCUT2D eigenvalue weighted by Crippen LogP contribution is -2.37. The summed E-state index contributed by atoms with van der Waals surface area (Å²) in [6, 6.07) is 18.7. The summed E-state index contributed by atoms with van der Waals surface area (Å²) in [5.74, 6) is 0.0809. The predicted molar refractivity (Wildman–Crippen MR) is 97.3 cm³/mol. The van der Waals surface area contributed by atoms with Crippen LogP contribution in [-0.2, 0) is 11.2 Å². The molecule has 0 aliphatic heterocycles. The zero-order valence-corrected chi connectivity index (χ0v) is 14.2. The van der Waals surface area contributed by atoms with Gasteiger partial charge in [0.05, 0.1) is 5.41 Å². The summed E-state index contributed by atoms with van der Waals surface area (Å²) >= 11 is 1.45. The Hall–Kier alpha value is -2.46. The van der Waals surface area contributed by atoms with E-state index in [1.54, 1.807) is 6.20 Å². The molecule has 1 amide bonds. The molecule has 0 saturated heterocycles. The summed E-state index contributed by atoms with van der Waals surface area (Å²) in [6.45, 7) is 2.06. The maximum Gasteiger partial charge on any atom is 0.233 e. The van der Waals surface area contributed by atoms with Crippen molar-refractivity contribution in [2.75, 3.05) is 5.32 Å². The van der Waals surface area contributed by atoms with Gasteiger partial charge in [-0.2, -0.15) is 0 Å². The van der Waals surface area contributed by atoms with Gasteiger partial charge in [-0.25, -0.2) is 4.98 Å². The molecular formula is C20H18N2OS. The van der Waals surface area contributed by atoms with Crippen LogP contribution in [0.2, 0.25) is 0 Å². The summed E-state index contributed by atoms with van der Waals surface area (Å²) < 4.78 is 0. The molecule has 120 valence electrons. The van der Waals surface area contributed by atoms with Gasteiger partial charge < -0.3 is 5.32 Å². The highest BCUT2D eigenvalue weighted by Crippen LogP contribution is 2.51. The monoisotopic (exact) mass is 334 g/mol. The maximum absolute atomic E-state index is 13.1. The first-order chi connectivity index (χ1) is 11.7. The number of nitrogens with one attached hydrogen (secondary N) is 1. The summed E-state index contributed by atoms with van der Waals surface area (Å²) in [6.07, 6.45) is 2.45. The molecule has 1 heterocycles. The van der Waals surface area contributed by atoms with E-state index in [4.69, 9.17) is 0 Å². The molecule has 1 aromatic heterocycles. The number of aromatic nitrogens is 1. The third kappa shape index (κ3) is 2.43. The number of nitrogens with zero attached hydrogens (tertiary/aromatic N) is 1. The van der Waals surface area contributed by atoms with Crippen molar-refractivity contribution in [3.63, 3.8) is 0 Å². The minimum atomic E-state index is -0.531. The quantitative estimate of drug-likeness (QED) is 0.767. The van der Waals surface area contributed by atoms with Gasteiger partial charge in [0, 0.05) is 17.5 Å². The van der Waals surface area contributed by atoms with E-state index < -0.39 is 5.41 Å². The van der Waals surface area contributed by atoms with E-state index in [1.165, 1.54) is 28.0 Å². The summed E-state index contributed by atoms with van der Waals surface area (Å²) in [7, 11) is 0. The number of fused-ring (bicyclic) bond motifs is 1. The summed E-state index contributed by atoms with van der Waals surface area (Å²) in [5, 5.41) is 5.53. The van der Waals surface area contributed by atoms with Crippen LogP contribution in [0.15, 0.2) is 66.2 Å². The fourth-order valence-electron chi connectivity index (χ4n) is 3.75. The minimum Gasteiger partial charge on any atom is -0.301 e. The number of rotatable bonds is 3. The van der Waals surface area contributed by atoms with E-state index in [2.05, 4.69) is 47.6 Å². The van der Waals surface area contributed by atoms with Gasteiger partial charge in [0.1, 0.15) is 0 Å². The number of anilines is 1. The van der Waals surface area contributed by atoms with Crippen molar-refractivity contribution >= 4 is 22.4 Å². The molecule has 0 unspecified atom stereocenters. The summed E-state index contributed by atoms with van der Waals surface area (Å²) in [4.78, 5) is 17.3. The first-order valence-electron chi connectivity index (χ1n) is 8.02. The smallest absolute Gasteiger partial charge is 0.233 e. The number of hydrogen-bond acceptors (Lipinski definition) is 3. The Morgan fingerprint density at radius 1 is 1.17 bits per heavy atom. The number of benzene rings is 2. The van der Waals surface area contributed by atoms with Gasteiger partial charge in [-0.3, -0.25) is 4.79 Å². The van der Waals surface area contributed by atoms with Gasteiger partial charge in [0.2, 0.25) is 5.91 Å². The third-order valence-corrected chi connectivity index (χ3v) is 5.55. The Bertz CT molecular complexity index is 860. The van der Waals surface area contributed by atoms with Gasteiger partial charge in [-0.1, -0.05) is 54.6 Å². The molecule has 24 heavy (non-hydrogen) atoms. The molecule has 1 aliphatic rings. The number of carbonyl (C=O) groups is 1. The molecule has 2 atom stereocenters. The average molecular weight is 334 g/mol. The number of hydrogen-bond donors (Lipinski definition) is 1. The van der Waals surface area contributed by atoms with Gasteiger partial charge in [0.15, 0.2) is 5.13 Å². The SMILES string of the molecule is C[C@@]1(C(=O)Nc2nccs2)Cc2ccccc2[C@@H]1c1ccccc1. The van der Waals surface area contributed by atoms with Crippen LogP contribution >= 0.6 is 11.3 Å². The lowest BCUT2D eigenvalue weighted by atomic mass is 9.73. The highest BCUT2D eigenvalue weighted by atomic mass is 32.1. The molecule has 0 saturated carbocycles. The van der Waals surface area contributed by atoms with Crippen LogP contribution in [0.1, 0.15) is 29.5 Å². The van der Waals surface area contributed by atoms with Crippen LogP contribution in [0.25, 0.3) is 0 Å². The average Bonchev–Trinajstić information content (AvgIpc) is 3.21. The lowest BCUT2D eigenvalue weighted by molar-refractivity contribution is -0.125. The van der Waals surface area contributed by atoms with E-state index in [1.807, 2.05) is 29.6 Å². The molecular weight excluding hydrogens is 316 g/mol. The molecule has 0 spiro atoms. The van der Waals surface area contributed by atoms with Crippen LogP contribution in [-0.4, -0.2) is 10.9 Å². The zero-order valence-electron chi connectivity index (χ0n) is 13.4. The molecule has 4 rings (SSSR count). The predicted octanol–water partition coefficient (Wildman–Crippen LogP) is 4.48. The van der Waals surface area contributed by atoms with E-state index in [0.717, 1.165) is 6.42 Å². The molecule has 1 aliphatic carbocycles. The fourth-order valence-corrected chi connectivity index (χ4v) is 4.27. The Balaban J connectivity index is 1.77. The van der Waals surface area contributed by atoms with Crippen molar-refractivity contribution in [3.8, 4) is 0 Å². The van der Waals surface area contributed by atoms with Crippen LogP contribution in [0.5, 0.6) is 0 Å². The van der Waals surface area contributed by atoms with E-state index in [9.17, 15) is 4.79 Å². The fraction of sp³-hybridized carbons (Fsp3) is 0.200. The van der Waals surface area contributed by atoms with Gasteiger partial charge in [0.25, 0.3) is 0 Å². The van der Waals surface area contributed by atoms with E-state index in [0.29, 0.717) is 5.13 Å². The number of amides is 1. The molecule has 0 radical (unpaired) electrons. The van der Waals surface area contributed by atoms with Crippen molar-refractivity contribution in [3.05, 3.63) is 82.9 Å². The van der Waals surface area contributed by atoms with Crippen LogP contribution in [0.4, 0.5) is 5.13 Å². The summed E-state index contributed by atoms with van der Waals surface area (Å²) in [5.41, 5.74) is 3.15. The lowest BCUT2D eigenvalue weighted by Gasteiger charge is -2.30. The molecule has 3 aromatic rings. The second kappa shape index (κ2) is 5.87. The zero-order chi connectivity index (χ0) is 16.6. The van der Waals surface area contributed by atoms with Crippen molar-refractivity contribution < 1.29 is 4.79 Å². The van der Waals surface area contributed by atoms with Crippen LogP contribution in [0, 0.1) is 5.41 Å². The third-order valence-electron chi connectivity index (χ3n) is 4.87. The van der Waals surface area contributed by atoms with E-state index in [-0.39, 0.29) is 11.8 Å². The van der Waals surface area contributed by atoms with Crippen LogP contribution < -0.4 is 5.32 Å². The molecule has 0 bridgehead atoms. The topological polar surface area (TPSA) is 42.0 Å². The highest BCUT2D eigenvalue weighted by Gasteiger charge is 2.48. The Labute approximate surface area is 145 Å². The van der Waals surface area contributed by atoms with Crippen molar-refractivity contribution in [1.82, 2.24) is 4.98 Å². The maximum atomic E-state index is 13.1. The van der Waals surface area contributed by atoms with Gasteiger partial charge in [-0.05, 0) is 30.0 Å². The first kappa shape index (κ1) is 15.1. The van der Waals surface area contributed by atoms with Crippen molar-refractivity contribution in [2.24, 2.45) is 5.41 Å². The standard InChI is InChI=1S/C20H18N2OS/c1-20(18(23)22-19-21-11-12-24-19)13-15-9-5-6-10-16(15)17(20)14-7-3-2-4-8-14/h2-12,17H,13H2,1H3,(H,21,22,23)/t17-,20+/m0/s1. The highest BCUT2D eigenvalue weighted by molar-refractivity contribution is 7.13. The molecule has 3 nitrogen and oxygen atoms in total. The van der Waals surface area contributed by atoms with E-state index >= 15 is 0 Å². The Kier molecular flexibility index (Phi) is 3.69. The second-order valence-corrected chi connectivity index (χ2v) is 7.32. The largest absolute Gasteiger partial charge is 0.301 e. The molecule has 2 aromatic carbocycles. The Morgan fingerprint density at radius 2 is 1.92 bits per heavy atom. The number of carbonyl (C=O) groups excluding carboxylic acids is 1. The van der Waals surface area contributed by atoms with Crippen molar-refractivity contribution in [1.29, 1.82) is 0 Å². The Morgan fingerprint density at radius 3 is 2.67 bits per heavy atom. The second-order valence-electron chi connectivity index (χ2n) is 6.43. The minimum absolute atomic E-state index is 0.0301. The first-order valence-corrected chi connectivity index (χ1v) is 8.90. The molecule has 4 heteroatoms. The van der Waals surface area contributed by atoms with Gasteiger partial charge >= 0.3 is 0 Å². The normalized spacial score (nSPS) is 22.1.